The van der Waals surface area contributed by atoms with Crippen LogP contribution in [0, 0.1) is 0 Å². The molecule has 0 bridgehead atoms. The molecule has 0 aromatic rings. The third kappa shape index (κ3) is 46.3. The van der Waals surface area contributed by atoms with E-state index in [0.717, 1.165) is 25.7 Å². The molecule has 0 heterocycles. The van der Waals surface area contributed by atoms with E-state index in [1.54, 1.807) is 0 Å². The van der Waals surface area contributed by atoms with Crippen LogP contribution in [0.25, 0.3) is 0 Å². The number of unbranched alkanes of at least 4 members (excludes halogenated alkanes) is 43. The fraction of sp³-hybridized carbons (Fsp3) is 0.981. The predicted octanol–water partition coefficient (Wildman–Crippen LogP) is 17.2. The van der Waals surface area contributed by atoms with Gasteiger partial charge in [0.15, 0.2) is 0 Å². The average Bonchev–Trinajstić information content (AvgIpc) is 3.22. The third-order valence-electron chi connectivity index (χ3n) is 12.9. The average molecular weight is 806 g/mol. The van der Waals surface area contributed by atoms with Crippen molar-refractivity contribution in [2.75, 3.05) is 6.61 Å². The summed E-state index contributed by atoms with van der Waals surface area (Å²) in [5.41, 5.74) is 0. The summed E-state index contributed by atoms with van der Waals surface area (Å²) in [5, 5.41) is 23.3. The number of carbonyl (C=O) groups is 1. The van der Waals surface area contributed by atoms with Gasteiger partial charge in [0, 0.05) is 6.42 Å². The van der Waals surface area contributed by atoms with Gasteiger partial charge < -0.3 is 15.5 Å². The molecule has 2 atom stereocenters. The van der Waals surface area contributed by atoms with E-state index >= 15 is 0 Å². The predicted molar refractivity (Wildman–Crippen MR) is 253 cm³/mol. The van der Waals surface area contributed by atoms with Gasteiger partial charge >= 0.3 is 0 Å². The van der Waals surface area contributed by atoms with Crippen LogP contribution in [-0.2, 0) is 4.79 Å². The van der Waals surface area contributed by atoms with E-state index in [2.05, 4.69) is 19.2 Å². The lowest BCUT2D eigenvalue weighted by Crippen LogP contribution is -2.45. The van der Waals surface area contributed by atoms with Crippen LogP contribution in [0.3, 0.4) is 0 Å². The summed E-state index contributed by atoms with van der Waals surface area (Å²) in [6.07, 6.45) is 62.2. The highest BCUT2D eigenvalue weighted by atomic mass is 16.3. The molecule has 0 rings (SSSR count). The van der Waals surface area contributed by atoms with Gasteiger partial charge in [0.25, 0.3) is 0 Å². The van der Waals surface area contributed by atoms with Crippen molar-refractivity contribution in [1.82, 2.24) is 5.32 Å². The fourth-order valence-electron chi connectivity index (χ4n) is 8.78. The molecule has 0 radical (unpaired) electrons. The monoisotopic (exact) mass is 806 g/mol. The molecule has 0 aliphatic rings. The van der Waals surface area contributed by atoms with Crippen molar-refractivity contribution in [2.24, 2.45) is 0 Å². The molecule has 0 aliphatic carbocycles. The first kappa shape index (κ1) is 56.4. The van der Waals surface area contributed by atoms with Crippen molar-refractivity contribution in [3.05, 3.63) is 0 Å². The summed E-state index contributed by atoms with van der Waals surface area (Å²) < 4.78 is 0. The molecule has 342 valence electrons. The standard InChI is InChI=1S/C53H107NO3/c1-3-5-7-9-11-13-15-17-19-21-23-25-26-27-28-29-30-32-34-36-38-40-42-44-46-48-52(56)51(50-55)54-53(57)49-47-45-43-41-39-37-35-33-31-24-22-20-18-16-14-12-10-8-6-4-2/h51-52,55-56H,3-50H2,1-2H3,(H,54,57). The highest BCUT2D eigenvalue weighted by Gasteiger charge is 2.20. The zero-order valence-electron chi connectivity index (χ0n) is 39.4. The molecule has 0 saturated heterocycles. The van der Waals surface area contributed by atoms with E-state index in [9.17, 15) is 15.0 Å². The summed E-state index contributed by atoms with van der Waals surface area (Å²) in [6.45, 7) is 4.40. The lowest BCUT2D eigenvalue weighted by atomic mass is 10.0. The van der Waals surface area contributed by atoms with Crippen molar-refractivity contribution < 1.29 is 15.0 Å². The minimum atomic E-state index is -0.654. The number of amides is 1. The summed E-state index contributed by atoms with van der Waals surface area (Å²) in [4.78, 5) is 12.5. The van der Waals surface area contributed by atoms with E-state index in [1.807, 2.05) is 0 Å². The Balaban J connectivity index is 3.41. The van der Waals surface area contributed by atoms with Gasteiger partial charge in [-0.1, -0.05) is 296 Å². The highest BCUT2D eigenvalue weighted by molar-refractivity contribution is 5.76. The number of hydrogen-bond donors (Lipinski definition) is 3. The topological polar surface area (TPSA) is 69.6 Å². The van der Waals surface area contributed by atoms with Gasteiger partial charge in [-0.2, -0.15) is 0 Å². The maximum absolute atomic E-state index is 12.5. The van der Waals surface area contributed by atoms with Gasteiger partial charge in [-0.25, -0.2) is 0 Å². The second kappa shape index (κ2) is 49.8. The molecule has 57 heavy (non-hydrogen) atoms. The molecule has 3 N–H and O–H groups in total. The van der Waals surface area contributed by atoms with E-state index < -0.39 is 12.1 Å². The van der Waals surface area contributed by atoms with E-state index in [1.165, 1.54) is 263 Å². The van der Waals surface area contributed by atoms with Crippen molar-refractivity contribution in [1.29, 1.82) is 0 Å². The lowest BCUT2D eigenvalue weighted by molar-refractivity contribution is -0.123. The van der Waals surface area contributed by atoms with Gasteiger partial charge in [0.05, 0.1) is 18.8 Å². The van der Waals surface area contributed by atoms with Crippen molar-refractivity contribution in [3.8, 4) is 0 Å². The van der Waals surface area contributed by atoms with E-state index in [4.69, 9.17) is 0 Å². The summed E-state index contributed by atoms with van der Waals surface area (Å²) in [6, 6.07) is -0.531. The lowest BCUT2D eigenvalue weighted by Gasteiger charge is -2.22. The first-order chi connectivity index (χ1) is 28.2. The van der Waals surface area contributed by atoms with Crippen LogP contribution in [0.2, 0.25) is 0 Å². The quantitative estimate of drug-likeness (QED) is 0.0536. The minimum Gasteiger partial charge on any atom is -0.394 e. The maximum Gasteiger partial charge on any atom is 0.220 e. The summed E-state index contributed by atoms with van der Waals surface area (Å²) in [5.74, 6) is -0.0229. The molecule has 2 unspecified atom stereocenters. The normalized spacial score (nSPS) is 12.7. The molecule has 4 nitrogen and oxygen atoms in total. The Morgan fingerprint density at radius 1 is 0.351 bits per heavy atom. The Morgan fingerprint density at radius 2 is 0.561 bits per heavy atom. The Kier molecular flexibility index (Phi) is 49.2. The number of hydrogen-bond acceptors (Lipinski definition) is 3. The number of rotatable bonds is 50. The van der Waals surface area contributed by atoms with Crippen LogP contribution >= 0.6 is 0 Å². The number of aliphatic hydroxyl groups excluding tert-OH is 2. The molecule has 0 aromatic heterocycles. The van der Waals surface area contributed by atoms with Crippen molar-refractivity contribution in [2.45, 2.75) is 328 Å². The van der Waals surface area contributed by atoms with E-state index in [-0.39, 0.29) is 12.5 Å². The van der Waals surface area contributed by atoms with Crippen LogP contribution in [0.5, 0.6) is 0 Å². The van der Waals surface area contributed by atoms with Crippen molar-refractivity contribution >= 4 is 5.91 Å². The van der Waals surface area contributed by atoms with E-state index in [0.29, 0.717) is 12.8 Å². The Bertz CT molecular complexity index is 744. The second-order valence-electron chi connectivity index (χ2n) is 18.7. The van der Waals surface area contributed by atoms with Gasteiger partial charge in [-0.05, 0) is 12.8 Å². The highest BCUT2D eigenvalue weighted by Crippen LogP contribution is 2.18. The second-order valence-corrected chi connectivity index (χ2v) is 18.7. The fourth-order valence-corrected chi connectivity index (χ4v) is 8.78. The molecular weight excluding hydrogens is 699 g/mol. The van der Waals surface area contributed by atoms with Crippen LogP contribution in [0.15, 0.2) is 0 Å². The maximum atomic E-state index is 12.5. The number of nitrogens with one attached hydrogen (secondary N) is 1. The zero-order valence-corrected chi connectivity index (χ0v) is 39.4. The molecule has 0 spiro atoms. The molecule has 0 saturated carbocycles. The summed E-state index contributed by atoms with van der Waals surface area (Å²) >= 11 is 0. The molecule has 0 fully saturated rings. The van der Waals surface area contributed by atoms with Gasteiger partial charge in [0.2, 0.25) is 5.91 Å². The summed E-state index contributed by atoms with van der Waals surface area (Å²) in [7, 11) is 0. The molecule has 0 aliphatic heterocycles. The largest absolute Gasteiger partial charge is 0.394 e. The molecule has 1 amide bonds. The van der Waals surface area contributed by atoms with Crippen LogP contribution in [0.4, 0.5) is 0 Å². The van der Waals surface area contributed by atoms with Crippen molar-refractivity contribution in [3.63, 3.8) is 0 Å². The molecule has 0 aromatic carbocycles. The first-order valence-electron chi connectivity index (χ1n) is 26.7. The van der Waals surface area contributed by atoms with Crippen LogP contribution in [0.1, 0.15) is 316 Å². The number of carbonyl (C=O) groups excluding carboxylic acids is 1. The van der Waals surface area contributed by atoms with Crippen LogP contribution in [-0.4, -0.2) is 34.9 Å². The Labute approximate surface area is 359 Å². The van der Waals surface area contributed by atoms with Gasteiger partial charge in [-0.15, -0.1) is 0 Å². The molecular formula is C53H107NO3. The Morgan fingerprint density at radius 3 is 0.789 bits per heavy atom. The first-order valence-corrected chi connectivity index (χ1v) is 26.7. The zero-order chi connectivity index (χ0) is 41.4. The Hall–Kier alpha value is -0.610. The van der Waals surface area contributed by atoms with Gasteiger partial charge in [-0.3, -0.25) is 4.79 Å². The minimum absolute atomic E-state index is 0.0229. The van der Waals surface area contributed by atoms with Crippen LogP contribution < -0.4 is 5.32 Å². The molecule has 4 heteroatoms. The van der Waals surface area contributed by atoms with Gasteiger partial charge in [0.1, 0.15) is 0 Å². The smallest absolute Gasteiger partial charge is 0.220 e. The third-order valence-corrected chi connectivity index (χ3v) is 12.9. The number of aliphatic hydroxyl groups is 2. The SMILES string of the molecule is CCCCCCCCCCCCCCCCCCCCCCCCCCCC(O)C(CO)NC(=O)CCCCCCCCCCCCCCCCCCCCCC.